The molecule has 0 aromatic heterocycles. The fraction of sp³-hybridized carbons (Fsp3) is 0.694. The Bertz CT molecular complexity index is 1070. The van der Waals surface area contributed by atoms with Crippen molar-refractivity contribution in [2.75, 3.05) is 0 Å². The molecule has 0 saturated heterocycles. The van der Waals surface area contributed by atoms with Crippen molar-refractivity contribution in [3.05, 3.63) is 52.0 Å². The Hall–Kier alpha value is -1.35. The van der Waals surface area contributed by atoms with E-state index in [9.17, 15) is 4.79 Å². The summed E-state index contributed by atoms with van der Waals surface area (Å²) in [6, 6.07) is 9.95. The minimum Gasteiger partial charge on any atom is -0.458 e. The van der Waals surface area contributed by atoms with E-state index in [4.69, 9.17) is 4.74 Å². The first-order valence-corrected chi connectivity index (χ1v) is 16.7. The summed E-state index contributed by atoms with van der Waals surface area (Å²) in [7, 11) is 0. The number of rotatable bonds is 8. The standard InChI is InChI=1S/C36H51BrO2/c1-24(2)10-9-11-25(3)30-16-17-31-29-15-14-27-23-28(18-20-35(27,4)32(29)19-21-36(30,31)5)39-34(38)33(37)22-26-12-7-6-8-13-26/h6-8,12-14,22,24-25,28-32H,9-11,15-21,23H2,1-5H3. The number of hydrogen-bond donors (Lipinski definition) is 0. The van der Waals surface area contributed by atoms with Crippen molar-refractivity contribution in [1.29, 1.82) is 0 Å². The summed E-state index contributed by atoms with van der Waals surface area (Å²) in [5.74, 6) is 4.88. The highest BCUT2D eigenvalue weighted by Crippen LogP contribution is 2.67. The average Bonchev–Trinajstić information content (AvgIpc) is 3.26. The molecule has 3 fully saturated rings. The number of carbonyl (C=O) groups is 1. The van der Waals surface area contributed by atoms with Crippen LogP contribution in [-0.2, 0) is 9.53 Å². The average molecular weight is 596 g/mol. The normalized spacial score (nSPS) is 36.9. The molecule has 0 bridgehead atoms. The van der Waals surface area contributed by atoms with Crippen LogP contribution < -0.4 is 0 Å². The van der Waals surface area contributed by atoms with Gasteiger partial charge in [-0.3, -0.25) is 0 Å². The maximum absolute atomic E-state index is 12.9. The van der Waals surface area contributed by atoms with Gasteiger partial charge >= 0.3 is 5.97 Å². The van der Waals surface area contributed by atoms with Crippen molar-refractivity contribution < 1.29 is 9.53 Å². The van der Waals surface area contributed by atoms with Gasteiger partial charge in [0.05, 0.1) is 0 Å². The summed E-state index contributed by atoms with van der Waals surface area (Å²) >= 11 is 3.47. The van der Waals surface area contributed by atoms with Crippen LogP contribution in [0.15, 0.2) is 46.5 Å². The van der Waals surface area contributed by atoms with E-state index >= 15 is 0 Å². The predicted octanol–water partition coefficient (Wildman–Crippen LogP) is 10.4. The Kier molecular flexibility index (Phi) is 8.87. The van der Waals surface area contributed by atoms with Crippen LogP contribution in [0.5, 0.6) is 0 Å². The van der Waals surface area contributed by atoms with Crippen LogP contribution in [0.2, 0.25) is 0 Å². The number of fused-ring (bicyclic) bond motifs is 5. The highest BCUT2D eigenvalue weighted by atomic mass is 79.9. The number of carbonyl (C=O) groups excluding carboxylic acids is 1. The smallest absolute Gasteiger partial charge is 0.345 e. The maximum atomic E-state index is 12.9. The van der Waals surface area contributed by atoms with Crippen molar-refractivity contribution >= 4 is 28.0 Å². The summed E-state index contributed by atoms with van der Waals surface area (Å²) < 4.78 is 6.53. The van der Waals surface area contributed by atoms with Gasteiger partial charge in [-0.15, -0.1) is 0 Å². The first kappa shape index (κ1) is 29.2. The first-order valence-electron chi connectivity index (χ1n) is 15.9. The second kappa shape index (κ2) is 11.9. The van der Waals surface area contributed by atoms with E-state index in [2.05, 4.69) is 56.6 Å². The van der Waals surface area contributed by atoms with Gasteiger partial charge < -0.3 is 4.74 Å². The summed E-state index contributed by atoms with van der Waals surface area (Å²) in [6.45, 7) is 12.5. The van der Waals surface area contributed by atoms with Crippen LogP contribution in [0.1, 0.15) is 111 Å². The molecule has 3 saturated carbocycles. The van der Waals surface area contributed by atoms with Gasteiger partial charge in [0.2, 0.25) is 0 Å². The first-order chi connectivity index (χ1) is 18.6. The lowest BCUT2D eigenvalue weighted by atomic mass is 9.47. The maximum Gasteiger partial charge on any atom is 0.345 e. The van der Waals surface area contributed by atoms with E-state index in [1.54, 1.807) is 5.57 Å². The Morgan fingerprint density at radius 1 is 1.03 bits per heavy atom. The van der Waals surface area contributed by atoms with Crippen LogP contribution in [0.4, 0.5) is 0 Å². The van der Waals surface area contributed by atoms with E-state index in [1.807, 2.05) is 36.4 Å². The van der Waals surface area contributed by atoms with Crippen LogP contribution >= 0.6 is 15.9 Å². The molecule has 4 aliphatic carbocycles. The summed E-state index contributed by atoms with van der Waals surface area (Å²) in [6.07, 6.45) is 18.6. The molecule has 0 amide bonds. The van der Waals surface area contributed by atoms with Crippen molar-refractivity contribution in [1.82, 2.24) is 0 Å². The van der Waals surface area contributed by atoms with Crippen molar-refractivity contribution in [2.24, 2.45) is 46.3 Å². The molecule has 0 heterocycles. The lowest BCUT2D eigenvalue weighted by Crippen LogP contribution is -2.51. The molecule has 0 spiro atoms. The molecule has 0 radical (unpaired) electrons. The molecule has 39 heavy (non-hydrogen) atoms. The topological polar surface area (TPSA) is 26.3 Å². The molecule has 0 N–H and O–H groups in total. The van der Waals surface area contributed by atoms with E-state index < -0.39 is 0 Å². The number of benzene rings is 1. The minimum absolute atomic E-state index is 0.0125. The van der Waals surface area contributed by atoms with Crippen molar-refractivity contribution in [3.8, 4) is 0 Å². The van der Waals surface area contributed by atoms with Crippen LogP contribution in [0.3, 0.4) is 0 Å². The molecule has 5 rings (SSSR count). The molecule has 3 heteroatoms. The van der Waals surface area contributed by atoms with E-state index in [0.29, 0.717) is 9.90 Å². The van der Waals surface area contributed by atoms with Crippen LogP contribution in [0, 0.1) is 46.3 Å². The zero-order valence-corrected chi connectivity index (χ0v) is 26.6. The van der Waals surface area contributed by atoms with Crippen LogP contribution in [0.25, 0.3) is 6.08 Å². The van der Waals surface area contributed by atoms with Gasteiger partial charge in [0.25, 0.3) is 0 Å². The Labute approximate surface area is 246 Å². The molecule has 0 aliphatic heterocycles. The highest BCUT2D eigenvalue weighted by Gasteiger charge is 2.59. The Morgan fingerprint density at radius 2 is 1.79 bits per heavy atom. The third-order valence-corrected chi connectivity index (χ3v) is 12.4. The molecular formula is C36H51BrO2. The second-order valence-electron chi connectivity index (χ2n) is 14.5. The predicted molar refractivity (Wildman–Crippen MR) is 166 cm³/mol. The van der Waals surface area contributed by atoms with E-state index in [0.717, 1.165) is 60.3 Å². The molecule has 8 unspecified atom stereocenters. The molecule has 1 aromatic carbocycles. The van der Waals surface area contributed by atoms with Gasteiger partial charge in [-0.05, 0) is 119 Å². The van der Waals surface area contributed by atoms with Crippen molar-refractivity contribution in [2.45, 2.75) is 111 Å². The Balaban J connectivity index is 1.23. The monoisotopic (exact) mass is 594 g/mol. The van der Waals surface area contributed by atoms with Gasteiger partial charge in [0.1, 0.15) is 10.6 Å². The molecule has 214 valence electrons. The fourth-order valence-electron chi connectivity index (χ4n) is 9.71. The zero-order valence-electron chi connectivity index (χ0n) is 25.1. The van der Waals surface area contributed by atoms with Crippen LogP contribution in [-0.4, -0.2) is 12.1 Å². The molecular weight excluding hydrogens is 544 g/mol. The SMILES string of the molecule is CC(C)CCCC(C)C1CCC2C3CC=C4CC(OC(=O)C(Br)=Cc5ccccc5)CCC4(C)C3CCC12C. The fourth-order valence-corrected chi connectivity index (χ4v) is 10.1. The van der Waals surface area contributed by atoms with Gasteiger partial charge in [-0.1, -0.05) is 95.9 Å². The molecule has 4 aliphatic rings. The third-order valence-electron chi connectivity index (χ3n) is 11.8. The van der Waals surface area contributed by atoms with Crippen molar-refractivity contribution in [3.63, 3.8) is 0 Å². The van der Waals surface area contributed by atoms with Gasteiger partial charge in [-0.2, -0.15) is 0 Å². The molecule has 8 atom stereocenters. The van der Waals surface area contributed by atoms with Gasteiger partial charge in [0, 0.05) is 6.42 Å². The summed E-state index contributed by atoms with van der Waals surface area (Å²) in [5, 5.41) is 0. The third kappa shape index (κ3) is 5.86. The highest BCUT2D eigenvalue weighted by molar-refractivity contribution is 9.12. The number of allylic oxidation sites excluding steroid dienone is 1. The second-order valence-corrected chi connectivity index (χ2v) is 15.3. The number of esters is 1. The molecule has 1 aromatic rings. The Morgan fingerprint density at radius 3 is 2.54 bits per heavy atom. The van der Waals surface area contributed by atoms with E-state index in [1.165, 1.54) is 51.4 Å². The number of hydrogen-bond acceptors (Lipinski definition) is 2. The molecule has 2 nitrogen and oxygen atoms in total. The lowest BCUT2D eigenvalue weighted by molar-refractivity contribution is -0.145. The summed E-state index contributed by atoms with van der Waals surface area (Å²) in [4.78, 5) is 12.9. The number of ether oxygens (including phenoxy) is 1. The minimum atomic E-state index is -0.241. The zero-order chi connectivity index (χ0) is 27.8. The summed E-state index contributed by atoms with van der Waals surface area (Å²) in [5.41, 5.74) is 3.40. The van der Waals surface area contributed by atoms with Gasteiger partial charge in [-0.25, -0.2) is 4.79 Å². The lowest BCUT2D eigenvalue weighted by Gasteiger charge is -2.58. The van der Waals surface area contributed by atoms with Gasteiger partial charge in [0.15, 0.2) is 0 Å². The largest absolute Gasteiger partial charge is 0.458 e. The quantitative estimate of drug-likeness (QED) is 0.170. The number of halogens is 1. The van der Waals surface area contributed by atoms with E-state index in [-0.39, 0.29) is 17.5 Å².